The Morgan fingerprint density at radius 1 is 1.18 bits per heavy atom. The number of halogens is 6. The quantitative estimate of drug-likeness (QED) is 0.450. The molecule has 1 aromatic carbocycles. The molecule has 0 bridgehead atoms. The predicted molar refractivity (Wildman–Crippen MR) is 127 cm³/mol. The molecular weight excluding hydrogens is 546 g/mol. The number of hydrogen-bond donors (Lipinski definition) is 1. The first-order chi connectivity index (χ1) is 19.9. The molecule has 40 heavy (non-hydrogen) atoms. The number of methoxy groups -OCH3 is 1. The number of likely N-dealkylation sites (tertiary alicyclic amines) is 1. The van der Waals surface area contributed by atoms with Crippen LogP contribution in [0.15, 0.2) is 36.8 Å². The smallest absolute Gasteiger partial charge is 0.418 e. The Hall–Kier alpha value is -4.17. The Morgan fingerprint density at radius 3 is 2.55 bits per heavy atom. The molecule has 2 atom stereocenters. The minimum atomic E-state index is -5.24. The molecular formula is C25H24F6N6O3. The van der Waals surface area contributed by atoms with Gasteiger partial charge in [-0.05, 0) is 36.6 Å². The molecule has 214 valence electrons. The summed E-state index contributed by atoms with van der Waals surface area (Å²) in [5.41, 5.74) is -3.63. The van der Waals surface area contributed by atoms with Crippen LogP contribution in [0.2, 0.25) is 0 Å². The maximum atomic E-state index is 13.7. The normalized spacial score (nSPS) is 19.1. The van der Waals surface area contributed by atoms with Gasteiger partial charge in [-0.25, -0.2) is 9.67 Å². The largest absolute Gasteiger partial charge is 0.496 e. The second-order valence-corrected chi connectivity index (χ2v) is 9.07. The van der Waals surface area contributed by atoms with Crippen molar-refractivity contribution >= 4 is 11.8 Å². The highest BCUT2D eigenvalue weighted by atomic mass is 19.4. The van der Waals surface area contributed by atoms with Crippen molar-refractivity contribution in [1.29, 1.82) is 0 Å². The highest BCUT2D eigenvalue weighted by molar-refractivity contribution is 5.91. The Bertz CT molecular complexity index is 1530. The number of nitrogens with one attached hydrogen (secondary N) is 1. The van der Waals surface area contributed by atoms with Crippen molar-refractivity contribution < 1.29 is 44.8 Å². The molecule has 0 spiro atoms. The van der Waals surface area contributed by atoms with E-state index in [4.69, 9.17) is 8.85 Å². The van der Waals surface area contributed by atoms with Gasteiger partial charge in [0.05, 0.1) is 46.5 Å². The molecule has 2 amide bonds. The number of ether oxygens (including phenoxy) is 1. The first-order valence-electron chi connectivity index (χ1n) is 13.2. The molecule has 2 aromatic heterocycles. The van der Waals surface area contributed by atoms with E-state index in [1.807, 2.05) is 0 Å². The second kappa shape index (κ2) is 10.8. The van der Waals surface area contributed by atoms with E-state index in [-0.39, 0.29) is 42.4 Å². The molecule has 0 unspecified atom stereocenters. The molecule has 3 aromatic rings. The number of aryl methyl sites for hydroxylation is 1. The lowest BCUT2D eigenvalue weighted by atomic mass is 9.94. The molecule has 15 heteroatoms. The summed E-state index contributed by atoms with van der Waals surface area (Å²) in [5, 5.41) is 6.58. The Morgan fingerprint density at radius 2 is 1.93 bits per heavy atom. The van der Waals surface area contributed by atoms with Gasteiger partial charge in [0, 0.05) is 19.8 Å². The van der Waals surface area contributed by atoms with Gasteiger partial charge in [0.25, 0.3) is 5.91 Å². The third-order valence-electron chi connectivity index (χ3n) is 6.63. The first kappa shape index (κ1) is 24.8. The van der Waals surface area contributed by atoms with Crippen LogP contribution in [0, 0.1) is 6.92 Å². The lowest BCUT2D eigenvalue weighted by molar-refractivity contribution is -0.144. The van der Waals surface area contributed by atoms with Gasteiger partial charge >= 0.3 is 12.4 Å². The molecule has 4 rings (SSSR count). The van der Waals surface area contributed by atoms with Crippen molar-refractivity contribution in [1.82, 2.24) is 30.0 Å². The molecule has 0 aliphatic carbocycles. The predicted octanol–water partition coefficient (Wildman–Crippen LogP) is 3.88. The van der Waals surface area contributed by atoms with E-state index in [0.717, 1.165) is 6.33 Å². The number of benzene rings is 1. The van der Waals surface area contributed by atoms with E-state index in [9.17, 15) is 35.9 Å². The van der Waals surface area contributed by atoms with Gasteiger partial charge in [-0.1, -0.05) is 12.1 Å². The van der Waals surface area contributed by atoms with Gasteiger partial charge in [-0.2, -0.15) is 31.4 Å². The number of pyridine rings is 1. The van der Waals surface area contributed by atoms with Crippen molar-refractivity contribution in [3.05, 3.63) is 70.6 Å². The fourth-order valence-electron chi connectivity index (χ4n) is 4.68. The van der Waals surface area contributed by atoms with Crippen LogP contribution in [-0.2, 0) is 30.6 Å². The summed E-state index contributed by atoms with van der Waals surface area (Å²) < 4.78 is 109. The summed E-state index contributed by atoms with van der Waals surface area (Å²) >= 11 is 0. The SMILES string of the molecule is [2H]C([2H])([2H])Oc1cccc([C@@H]2[C@H](NC(=O)c3ncnn3C)CCN2C(=O)Cc2ncc(C(F)(F)F)cc2C(F)(F)F)c1C. The summed E-state index contributed by atoms with van der Waals surface area (Å²) in [5.74, 6) is -1.71. The van der Waals surface area contributed by atoms with Gasteiger partial charge in [0.1, 0.15) is 12.1 Å². The molecule has 0 saturated carbocycles. The fourth-order valence-corrected chi connectivity index (χ4v) is 4.68. The molecule has 1 saturated heterocycles. The number of carbonyl (C=O) groups excluding carboxylic acids is 2. The maximum Gasteiger partial charge on any atom is 0.418 e. The van der Waals surface area contributed by atoms with Crippen LogP contribution in [0.1, 0.15) is 55.1 Å². The number of carbonyl (C=O) groups is 2. The first-order valence-corrected chi connectivity index (χ1v) is 11.7. The minimum Gasteiger partial charge on any atom is -0.496 e. The van der Waals surface area contributed by atoms with Crippen LogP contribution in [0.4, 0.5) is 26.3 Å². The van der Waals surface area contributed by atoms with Gasteiger partial charge in [0.15, 0.2) is 0 Å². The van der Waals surface area contributed by atoms with Crippen LogP contribution in [-0.4, -0.2) is 56.1 Å². The standard InChI is InChI=1S/C25H24F6N6O3/c1-13-15(5-4-6-19(13)40-3)21-17(35-23(39)22-33-12-34-36(22)2)7-8-37(21)20(38)10-18-16(25(29,30)31)9-14(11-32-18)24(26,27)28/h4-6,9,11-12,17,21H,7-8,10H2,1-3H3,(H,35,39)/t17-,21-/m1/s1/i3D3. The number of aromatic nitrogens is 4. The topological polar surface area (TPSA) is 102 Å². The van der Waals surface area contributed by atoms with Crippen LogP contribution in [0.25, 0.3) is 0 Å². The van der Waals surface area contributed by atoms with Crippen molar-refractivity contribution in [2.24, 2.45) is 7.05 Å². The van der Waals surface area contributed by atoms with Gasteiger partial charge in [-0.15, -0.1) is 0 Å². The van der Waals surface area contributed by atoms with Crippen molar-refractivity contribution in [3.8, 4) is 5.75 Å². The maximum absolute atomic E-state index is 13.7. The Labute approximate surface area is 228 Å². The number of rotatable bonds is 6. The van der Waals surface area contributed by atoms with E-state index >= 15 is 0 Å². The number of amides is 2. The number of hydrogen-bond acceptors (Lipinski definition) is 6. The summed E-state index contributed by atoms with van der Waals surface area (Å²) in [6.07, 6.45) is -9.84. The number of alkyl halides is 6. The fraction of sp³-hybridized carbons (Fsp3) is 0.400. The van der Waals surface area contributed by atoms with Gasteiger partial charge in [0.2, 0.25) is 11.7 Å². The highest BCUT2D eigenvalue weighted by Crippen LogP contribution is 2.39. The lowest BCUT2D eigenvalue weighted by Gasteiger charge is -2.31. The van der Waals surface area contributed by atoms with Crippen LogP contribution in [0.5, 0.6) is 5.75 Å². The second-order valence-electron chi connectivity index (χ2n) is 9.07. The van der Waals surface area contributed by atoms with E-state index < -0.39 is 66.5 Å². The van der Waals surface area contributed by atoms with Crippen LogP contribution < -0.4 is 10.1 Å². The molecule has 1 N–H and O–H groups in total. The van der Waals surface area contributed by atoms with Crippen LogP contribution >= 0.6 is 0 Å². The summed E-state index contributed by atoms with van der Waals surface area (Å²) in [6, 6.07) is 2.40. The molecule has 9 nitrogen and oxygen atoms in total. The zero-order valence-corrected chi connectivity index (χ0v) is 21.0. The third-order valence-corrected chi connectivity index (χ3v) is 6.63. The van der Waals surface area contributed by atoms with E-state index in [1.165, 1.54) is 41.8 Å². The van der Waals surface area contributed by atoms with E-state index in [2.05, 4.69) is 20.4 Å². The molecule has 1 fully saturated rings. The van der Waals surface area contributed by atoms with Gasteiger partial charge < -0.3 is 15.0 Å². The molecule has 1 aliphatic heterocycles. The van der Waals surface area contributed by atoms with E-state index in [1.54, 1.807) is 0 Å². The summed E-state index contributed by atoms with van der Waals surface area (Å²) in [4.78, 5) is 34.9. The zero-order valence-electron chi connectivity index (χ0n) is 24.0. The van der Waals surface area contributed by atoms with E-state index in [0.29, 0.717) is 5.56 Å². The van der Waals surface area contributed by atoms with Crippen LogP contribution in [0.3, 0.4) is 0 Å². The zero-order chi connectivity index (χ0) is 31.9. The van der Waals surface area contributed by atoms with Gasteiger partial charge in [-0.3, -0.25) is 14.6 Å². The van der Waals surface area contributed by atoms with Crippen molar-refractivity contribution in [2.75, 3.05) is 13.6 Å². The molecule has 0 radical (unpaired) electrons. The van der Waals surface area contributed by atoms with Crippen molar-refractivity contribution in [2.45, 2.75) is 44.2 Å². The number of nitrogens with zero attached hydrogens (tertiary/aromatic N) is 5. The Balaban J connectivity index is 1.72. The molecule has 3 heterocycles. The highest BCUT2D eigenvalue weighted by Gasteiger charge is 2.43. The lowest BCUT2D eigenvalue weighted by Crippen LogP contribution is -2.42. The minimum absolute atomic E-state index is 0.0565. The summed E-state index contributed by atoms with van der Waals surface area (Å²) in [7, 11) is -1.35. The third kappa shape index (κ3) is 5.72. The Kier molecular flexibility index (Phi) is 6.69. The average molecular weight is 574 g/mol. The molecule has 1 aliphatic rings. The van der Waals surface area contributed by atoms with Crippen molar-refractivity contribution in [3.63, 3.8) is 0 Å². The monoisotopic (exact) mass is 573 g/mol. The average Bonchev–Trinajstić information content (AvgIpc) is 3.49. The summed E-state index contributed by atoms with van der Waals surface area (Å²) in [6.45, 7) is 1.44.